The molecule has 19 heavy (non-hydrogen) atoms. The molecule has 2 aliphatic rings. The second kappa shape index (κ2) is 5.94. The van der Waals surface area contributed by atoms with Crippen LogP contribution >= 0.6 is 11.3 Å². The number of thiophene rings is 1. The van der Waals surface area contributed by atoms with E-state index in [1.54, 1.807) is 10.4 Å². The summed E-state index contributed by atoms with van der Waals surface area (Å²) in [6.45, 7) is 5.50. The molecule has 1 aliphatic heterocycles. The molecule has 106 valence electrons. The van der Waals surface area contributed by atoms with E-state index in [-0.39, 0.29) is 0 Å². The standard InChI is InChI=1S/C16H25NOS/c1-11(14-7-5-9-18-14)17-12(2)16-10-13-6-3-4-8-15(13)19-16/h10-12,14,17H,3-9H2,1-2H3. The van der Waals surface area contributed by atoms with E-state index in [0.717, 1.165) is 6.61 Å². The van der Waals surface area contributed by atoms with Gasteiger partial charge in [0, 0.05) is 28.4 Å². The maximum atomic E-state index is 5.77. The van der Waals surface area contributed by atoms with Crippen LogP contribution in [0.1, 0.15) is 60.9 Å². The molecular weight excluding hydrogens is 254 g/mol. The lowest BCUT2D eigenvalue weighted by Crippen LogP contribution is -2.38. The molecular formula is C16H25NOS. The molecule has 0 bridgehead atoms. The van der Waals surface area contributed by atoms with Gasteiger partial charge in [0.2, 0.25) is 0 Å². The highest BCUT2D eigenvalue weighted by Crippen LogP contribution is 2.33. The fourth-order valence-corrected chi connectivity index (χ4v) is 4.58. The van der Waals surface area contributed by atoms with Crippen molar-refractivity contribution in [1.82, 2.24) is 5.32 Å². The van der Waals surface area contributed by atoms with Gasteiger partial charge in [-0.25, -0.2) is 0 Å². The third-order valence-electron chi connectivity index (χ3n) is 4.48. The van der Waals surface area contributed by atoms with Gasteiger partial charge < -0.3 is 10.1 Å². The van der Waals surface area contributed by atoms with Crippen LogP contribution in [-0.4, -0.2) is 18.8 Å². The normalized spacial score (nSPS) is 26.1. The Hall–Kier alpha value is -0.380. The average Bonchev–Trinajstić information content (AvgIpc) is 3.07. The van der Waals surface area contributed by atoms with Crippen molar-refractivity contribution in [3.05, 3.63) is 21.4 Å². The van der Waals surface area contributed by atoms with E-state index in [2.05, 4.69) is 25.2 Å². The van der Waals surface area contributed by atoms with Gasteiger partial charge >= 0.3 is 0 Å². The fraction of sp³-hybridized carbons (Fsp3) is 0.750. The van der Waals surface area contributed by atoms with Crippen molar-refractivity contribution < 1.29 is 4.74 Å². The molecule has 1 aliphatic carbocycles. The molecule has 0 aromatic carbocycles. The zero-order valence-electron chi connectivity index (χ0n) is 12.1. The van der Waals surface area contributed by atoms with Gasteiger partial charge in [-0.1, -0.05) is 0 Å². The largest absolute Gasteiger partial charge is 0.377 e. The summed E-state index contributed by atoms with van der Waals surface area (Å²) in [5.41, 5.74) is 1.62. The smallest absolute Gasteiger partial charge is 0.0726 e. The summed E-state index contributed by atoms with van der Waals surface area (Å²) >= 11 is 2.02. The van der Waals surface area contributed by atoms with Gasteiger partial charge in [0.05, 0.1) is 6.10 Å². The van der Waals surface area contributed by atoms with E-state index in [1.807, 2.05) is 11.3 Å². The molecule has 3 unspecified atom stereocenters. The van der Waals surface area contributed by atoms with Gasteiger partial charge in [-0.05, 0) is 64.0 Å². The molecule has 3 heteroatoms. The van der Waals surface area contributed by atoms with Crippen LogP contribution in [0, 0.1) is 0 Å². The molecule has 1 N–H and O–H groups in total. The monoisotopic (exact) mass is 279 g/mol. The minimum atomic E-state index is 0.414. The molecule has 2 heterocycles. The topological polar surface area (TPSA) is 21.3 Å². The van der Waals surface area contributed by atoms with Crippen LogP contribution in [0.4, 0.5) is 0 Å². The van der Waals surface area contributed by atoms with Crippen molar-refractivity contribution in [2.24, 2.45) is 0 Å². The number of rotatable bonds is 4. The second-order valence-corrected chi connectivity index (χ2v) is 7.20. The Morgan fingerprint density at radius 2 is 2.11 bits per heavy atom. The first-order valence-corrected chi connectivity index (χ1v) is 8.55. The molecule has 3 rings (SSSR count). The molecule has 1 fully saturated rings. The SMILES string of the molecule is CC(NC(C)C1CCCO1)c1cc2c(s1)CCCC2. The van der Waals surface area contributed by atoms with Crippen LogP contribution in [-0.2, 0) is 17.6 Å². The summed E-state index contributed by atoms with van der Waals surface area (Å²) in [6.07, 6.45) is 8.18. The van der Waals surface area contributed by atoms with Gasteiger partial charge in [0.15, 0.2) is 0 Å². The highest BCUT2D eigenvalue weighted by atomic mass is 32.1. The lowest BCUT2D eigenvalue weighted by Gasteiger charge is -2.23. The van der Waals surface area contributed by atoms with E-state index in [9.17, 15) is 0 Å². The lowest BCUT2D eigenvalue weighted by atomic mass is 9.99. The van der Waals surface area contributed by atoms with Crippen LogP contribution in [0.3, 0.4) is 0 Å². The number of aryl methyl sites for hydroxylation is 2. The molecule has 0 amide bonds. The Balaban J connectivity index is 1.62. The minimum Gasteiger partial charge on any atom is -0.377 e. The summed E-state index contributed by atoms with van der Waals surface area (Å²) in [4.78, 5) is 3.15. The molecule has 0 radical (unpaired) electrons. The number of hydrogen-bond donors (Lipinski definition) is 1. The molecule has 1 aromatic heterocycles. The molecule has 0 spiro atoms. The maximum absolute atomic E-state index is 5.77. The van der Waals surface area contributed by atoms with E-state index in [1.165, 1.54) is 43.4 Å². The van der Waals surface area contributed by atoms with Crippen molar-refractivity contribution in [1.29, 1.82) is 0 Å². The van der Waals surface area contributed by atoms with Crippen molar-refractivity contribution in [2.75, 3.05) is 6.61 Å². The molecule has 1 saturated heterocycles. The number of fused-ring (bicyclic) bond motifs is 1. The van der Waals surface area contributed by atoms with Gasteiger partial charge in [-0.15, -0.1) is 11.3 Å². The molecule has 2 nitrogen and oxygen atoms in total. The minimum absolute atomic E-state index is 0.414. The first-order chi connectivity index (χ1) is 9.24. The van der Waals surface area contributed by atoms with Crippen LogP contribution in [0.15, 0.2) is 6.07 Å². The predicted molar refractivity (Wildman–Crippen MR) is 80.9 cm³/mol. The molecule has 3 atom stereocenters. The highest BCUT2D eigenvalue weighted by Gasteiger charge is 2.24. The van der Waals surface area contributed by atoms with Crippen molar-refractivity contribution in [2.45, 2.75) is 70.6 Å². The molecule has 1 aromatic rings. The lowest BCUT2D eigenvalue weighted by molar-refractivity contribution is 0.0805. The Bertz CT molecular complexity index is 399. The van der Waals surface area contributed by atoms with Gasteiger partial charge in [-0.2, -0.15) is 0 Å². The van der Waals surface area contributed by atoms with E-state index in [4.69, 9.17) is 4.74 Å². The zero-order chi connectivity index (χ0) is 13.2. The van der Waals surface area contributed by atoms with E-state index >= 15 is 0 Å². The Morgan fingerprint density at radius 1 is 1.26 bits per heavy atom. The average molecular weight is 279 g/mol. The summed E-state index contributed by atoms with van der Waals surface area (Å²) in [5, 5.41) is 3.73. The number of nitrogens with one attached hydrogen (secondary N) is 1. The Morgan fingerprint density at radius 3 is 2.84 bits per heavy atom. The summed E-state index contributed by atoms with van der Waals surface area (Å²) in [6, 6.07) is 3.35. The number of ether oxygens (including phenoxy) is 1. The Kier molecular flexibility index (Phi) is 4.25. The van der Waals surface area contributed by atoms with Crippen molar-refractivity contribution >= 4 is 11.3 Å². The third kappa shape index (κ3) is 3.04. The Labute approximate surface area is 120 Å². The zero-order valence-corrected chi connectivity index (χ0v) is 12.9. The van der Waals surface area contributed by atoms with Crippen molar-refractivity contribution in [3.8, 4) is 0 Å². The van der Waals surface area contributed by atoms with E-state index in [0.29, 0.717) is 18.2 Å². The number of hydrogen-bond acceptors (Lipinski definition) is 3. The summed E-state index contributed by atoms with van der Waals surface area (Å²) in [5.74, 6) is 0. The first kappa shape index (κ1) is 13.6. The second-order valence-electron chi connectivity index (χ2n) is 6.03. The maximum Gasteiger partial charge on any atom is 0.0726 e. The van der Waals surface area contributed by atoms with Gasteiger partial charge in [0.1, 0.15) is 0 Å². The summed E-state index contributed by atoms with van der Waals surface area (Å²) < 4.78 is 5.77. The van der Waals surface area contributed by atoms with Crippen LogP contribution in [0.25, 0.3) is 0 Å². The van der Waals surface area contributed by atoms with Gasteiger partial charge in [-0.3, -0.25) is 0 Å². The van der Waals surface area contributed by atoms with Crippen LogP contribution < -0.4 is 5.32 Å². The predicted octanol–water partition coefficient (Wildman–Crippen LogP) is 3.85. The van der Waals surface area contributed by atoms with Crippen LogP contribution in [0.5, 0.6) is 0 Å². The van der Waals surface area contributed by atoms with E-state index < -0.39 is 0 Å². The quantitative estimate of drug-likeness (QED) is 0.904. The van der Waals surface area contributed by atoms with Gasteiger partial charge in [0.25, 0.3) is 0 Å². The summed E-state index contributed by atoms with van der Waals surface area (Å²) in [7, 11) is 0. The highest BCUT2D eigenvalue weighted by molar-refractivity contribution is 7.12. The fourth-order valence-electron chi connectivity index (χ4n) is 3.31. The first-order valence-electron chi connectivity index (χ1n) is 7.73. The van der Waals surface area contributed by atoms with Crippen LogP contribution in [0.2, 0.25) is 0 Å². The molecule has 0 saturated carbocycles. The van der Waals surface area contributed by atoms with Crippen molar-refractivity contribution in [3.63, 3.8) is 0 Å². The third-order valence-corrected chi connectivity index (χ3v) is 5.90.